The van der Waals surface area contributed by atoms with E-state index in [4.69, 9.17) is 10.5 Å². The molecule has 0 saturated heterocycles. The zero-order valence-electron chi connectivity index (χ0n) is 13.0. The molecule has 2 nitrogen and oxygen atoms in total. The number of hydrogen-bond acceptors (Lipinski definition) is 2. The Bertz CT molecular complexity index is 469. The largest absolute Gasteiger partial charge is 0.489 e. The second-order valence-electron chi connectivity index (χ2n) is 6.78. The monoisotopic (exact) mass is 297 g/mol. The lowest BCUT2D eigenvalue weighted by Gasteiger charge is -2.41. The van der Waals surface area contributed by atoms with Crippen molar-refractivity contribution in [2.75, 3.05) is 0 Å². The first-order chi connectivity index (χ1) is 9.81. The maximum atomic E-state index is 13.2. The normalized spacial score (nSPS) is 26.7. The van der Waals surface area contributed by atoms with Gasteiger partial charge in [-0.15, -0.1) is 0 Å². The van der Waals surface area contributed by atoms with Crippen LogP contribution in [-0.2, 0) is 0 Å². The first kappa shape index (κ1) is 16.2. The van der Waals surface area contributed by atoms with Crippen LogP contribution in [0, 0.1) is 23.0 Å². The average Bonchev–Trinajstić information content (AvgIpc) is 2.40. The minimum atomic E-state index is -0.625. The molecule has 2 rings (SSSR count). The van der Waals surface area contributed by atoms with Gasteiger partial charge in [-0.25, -0.2) is 8.78 Å². The number of nitrogens with two attached hydrogens (primary N) is 1. The van der Waals surface area contributed by atoms with Gasteiger partial charge < -0.3 is 10.5 Å². The molecule has 0 aliphatic heterocycles. The van der Waals surface area contributed by atoms with Crippen LogP contribution in [0.2, 0.25) is 0 Å². The van der Waals surface area contributed by atoms with Crippen LogP contribution in [-0.4, -0.2) is 12.1 Å². The fraction of sp³-hybridized carbons (Fsp3) is 0.647. The predicted molar refractivity (Wildman–Crippen MR) is 80.2 cm³/mol. The maximum Gasteiger partial charge on any atom is 0.129 e. The third-order valence-electron chi connectivity index (χ3n) is 4.98. The average molecular weight is 297 g/mol. The molecular weight excluding hydrogens is 272 g/mol. The molecule has 1 aromatic rings. The van der Waals surface area contributed by atoms with E-state index in [1.807, 2.05) is 0 Å². The van der Waals surface area contributed by atoms with Crippen molar-refractivity contribution >= 4 is 0 Å². The van der Waals surface area contributed by atoms with Crippen molar-refractivity contribution in [3.63, 3.8) is 0 Å². The highest BCUT2D eigenvalue weighted by molar-refractivity contribution is 5.24. The van der Waals surface area contributed by atoms with E-state index in [1.54, 1.807) is 0 Å². The molecule has 1 aliphatic rings. The lowest BCUT2D eigenvalue weighted by Crippen LogP contribution is -2.46. The van der Waals surface area contributed by atoms with Gasteiger partial charge in [0.15, 0.2) is 0 Å². The summed E-state index contributed by atoms with van der Waals surface area (Å²) in [4.78, 5) is 0. The Kier molecular flexibility index (Phi) is 4.87. The molecule has 0 amide bonds. The van der Waals surface area contributed by atoms with Gasteiger partial charge in [0, 0.05) is 24.2 Å². The van der Waals surface area contributed by atoms with Gasteiger partial charge in [0.1, 0.15) is 23.5 Å². The van der Waals surface area contributed by atoms with Gasteiger partial charge in [-0.05, 0) is 30.6 Å². The van der Waals surface area contributed by atoms with Crippen molar-refractivity contribution < 1.29 is 13.5 Å². The van der Waals surface area contributed by atoms with Gasteiger partial charge in [0.2, 0.25) is 0 Å². The van der Waals surface area contributed by atoms with Crippen LogP contribution in [0.15, 0.2) is 18.2 Å². The summed E-state index contributed by atoms with van der Waals surface area (Å²) < 4.78 is 32.3. The summed E-state index contributed by atoms with van der Waals surface area (Å²) in [6.45, 7) is 6.70. The molecule has 1 saturated carbocycles. The van der Waals surface area contributed by atoms with Crippen LogP contribution in [0.4, 0.5) is 8.78 Å². The molecule has 1 aliphatic carbocycles. The first-order valence-electron chi connectivity index (χ1n) is 7.70. The zero-order valence-corrected chi connectivity index (χ0v) is 13.0. The highest BCUT2D eigenvalue weighted by Crippen LogP contribution is 2.41. The summed E-state index contributed by atoms with van der Waals surface area (Å²) in [6.07, 6.45) is 3.71. The van der Waals surface area contributed by atoms with Crippen LogP contribution >= 0.6 is 0 Å². The van der Waals surface area contributed by atoms with Crippen LogP contribution in [0.5, 0.6) is 5.75 Å². The van der Waals surface area contributed by atoms with Crippen molar-refractivity contribution in [2.45, 2.75) is 58.6 Å². The quantitative estimate of drug-likeness (QED) is 0.900. The van der Waals surface area contributed by atoms with Crippen molar-refractivity contribution in [2.24, 2.45) is 17.1 Å². The Morgan fingerprint density at radius 3 is 2.38 bits per heavy atom. The maximum absolute atomic E-state index is 13.2. The summed E-state index contributed by atoms with van der Waals surface area (Å²) >= 11 is 0. The standard InChI is InChI=1S/C17H25F2NO/c1-4-17(2,3)11-5-6-15(20)16(7-11)21-14-9-12(18)8-13(19)10-14/h8-11,15-16H,4-7,20H2,1-3H3. The van der Waals surface area contributed by atoms with E-state index >= 15 is 0 Å². The lowest BCUT2D eigenvalue weighted by atomic mass is 9.68. The highest BCUT2D eigenvalue weighted by atomic mass is 19.1. The molecule has 21 heavy (non-hydrogen) atoms. The molecular formula is C17H25F2NO. The number of halogens is 2. The summed E-state index contributed by atoms with van der Waals surface area (Å²) in [5.41, 5.74) is 6.37. The van der Waals surface area contributed by atoms with Gasteiger partial charge >= 0.3 is 0 Å². The molecule has 1 aromatic carbocycles. The van der Waals surface area contributed by atoms with Crippen LogP contribution in [0.25, 0.3) is 0 Å². The fourth-order valence-corrected chi connectivity index (χ4v) is 3.06. The van der Waals surface area contributed by atoms with E-state index in [0.717, 1.165) is 31.7 Å². The minimum absolute atomic E-state index is 0.0831. The molecule has 0 bridgehead atoms. The molecule has 0 heterocycles. The molecule has 3 atom stereocenters. The van der Waals surface area contributed by atoms with E-state index in [0.29, 0.717) is 5.92 Å². The molecule has 3 unspecified atom stereocenters. The Hall–Kier alpha value is -1.16. The number of rotatable bonds is 4. The second-order valence-corrected chi connectivity index (χ2v) is 6.78. The summed E-state index contributed by atoms with van der Waals surface area (Å²) in [6, 6.07) is 3.19. The first-order valence-corrected chi connectivity index (χ1v) is 7.70. The molecule has 0 spiro atoms. The van der Waals surface area contributed by atoms with Crippen molar-refractivity contribution in [3.05, 3.63) is 29.8 Å². The SMILES string of the molecule is CCC(C)(C)C1CCC(N)C(Oc2cc(F)cc(F)c2)C1. The number of benzene rings is 1. The Labute approximate surface area is 125 Å². The topological polar surface area (TPSA) is 35.2 Å². The predicted octanol–water partition coefficient (Wildman–Crippen LogP) is 4.28. The number of hydrogen-bond donors (Lipinski definition) is 1. The van der Waals surface area contributed by atoms with Crippen molar-refractivity contribution in [1.29, 1.82) is 0 Å². The molecule has 2 N–H and O–H groups in total. The Morgan fingerprint density at radius 1 is 1.19 bits per heavy atom. The Balaban J connectivity index is 2.10. The fourth-order valence-electron chi connectivity index (χ4n) is 3.06. The summed E-state index contributed by atoms with van der Waals surface area (Å²) in [5, 5.41) is 0. The molecule has 118 valence electrons. The van der Waals surface area contributed by atoms with E-state index in [-0.39, 0.29) is 23.3 Å². The van der Waals surface area contributed by atoms with Crippen LogP contribution in [0.1, 0.15) is 46.5 Å². The molecule has 0 aromatic heterocycles. The minimum Gasteiger partial charge on any atom is -0.489 e. The van der Waals surface area contributed by atoms with E-state index < -0.39 is 11.6 Å². The summed E-state index contributed by atoms with van der Waals surface area (Å²) in [7, 11) is 0. The van der Waals surface area contributed by atoms with Crippen molar-refractivity contribution in [1.82, 2.24) is 0 Å². The molecule has 0 radical (unpaired) electrons. The Morgan fingerprint density at radius 2 is 1.81 bits per heavy atom. The van der Waals surface area contributed by atoms with Crippen LogP contribution in [0.3, 0.4) is 0 Å². The molecule has 1 fully saturated rings. The van der Waals surface area contributed by atoms with Gasteiger partial charge in [-0.2, -0.15) is 0 Å². The smallest absolute Gasteiger partial charge is 0.129 e. The van der Waals surface area contributed by atoms with E-state index in [9.17, 15) is 8.78 Å². The van der Waals surface area contributed by atoms with Gasteiger partial charge in [0.25, 0.3) is 0 Å². The summed E-state index contributed by atoms with van der Waals surface area (Å²) in [5.74, 6) is -0.506. The van der Waals surface area contributed by atoms with Crippen LogP contribution < -0.4 is 10.5 Å². The van der Waals surface area contributed by atoms with Crippen molar-refractivity contribution in [3.8, 4) is 5.75 Å². The van der Waals surface area contributed by atoms with E-state index in [2.05, 4.69) is 20.8 Å². The lowest BCUT2D eigenvalue weighted by molar-refractivity contribution is 0.0498. The van der Waals surface area contributed by atoms with Gasteiger partial charge in [-0.3, -0.25) is 0 Å². The third-order valence-corrected chi connectivity index (χ3v) is 4.98. The van der Waals surface area contributed by atoms with Gasteiger partial charge in [-0.1, -0.05) is 27.2 Å². The highest BCUT2D eigenvalue weighted by Gasteiger charge is 2.37. The van der Waals surface area contributed by atoms with Gasteiger partial charge in [0.05, 0.1) is 0 Å². The molecule has 4 heteroatoms. The third kappa shape index (κ3) is 3.94. The zero-order chi connectivity index (χ0) is 15.6. The number of ether oxygens (including phenoxy) is 1. The second kappa shape index (κ2) is 6.30. The van der Waals surface area contributed by atoms with E-state index in [1.165, 1.54) is 12.1 Å².